The number of hydrogen-bond acceptors (Lipinski definition) is 2. The van der Waals surface area contributed by atoms with Crippen molar-refractivity contribution >= 4 is 10.9 Å². The fraction of sp³-hybridized carbons (Fsp3) is 0.182. The molecule has 2 rings (SSSR count). The van der Waals surface area contributed by atoms with Gasteiger partial charge in [0.15, 0.2) is 0 Å². The van der Waals surface area contributed by atoms with E-state index in [0.717, 1.165) is 22.2 Å². The van der Waals surface area contributed by atoms with E-state index in [9.17, 15) is 5.11 Å². The average molecular weight is 173 g/mol. The van der Waals surface area contributed by atoms with Crippen molar-refractivity contribution in [3.8, 4) is 5.75 Å². The fourth-order valence-corrected chi connectivity index (χ4v) is 1.45. The molecule has 0 unspecified atom stereocenters. The minimum Gasteiger partial charge on any atom is -0.507 e. The molecule has 2 aromatic rings. The number of aromatic nitrogens is 1. The van der Waals surface area contributed by atoms with Crippen molar-refractivity contribution in [2.75, 3.05) is 0 Å². The molecule has 0 bridgehead atoms. The van der Waals surface area contributed by atoms with Gasteiger partial charge >= 0.3 is 0 Å². The summed E-state index contributed by atoms with van der Waals surface area (Å²) >= 11 is 0. The van der Waals surface area contributed by atoms with Crippen LogP contribution in [0.25, 0.3) is 10.9 Å². The lowest BCUT2D eigenvalue weighted by atomic mass is 10.1. The highest BCUT2D eigenvalue weighted by molar-refractivity contribution is 5.85. The summed E-state index contributed by atoms with van der Waals surface area (Å²) in [5, 5.41) is 10.4. The molecule has 1 N–H and O–H groups in total. The monoisotopic (exact) mass is 173 g/mol. The zero-order valence-corrected chi connectivity index (χ0v) is 7.70. The van der Waals surface area contributed by atoms with Crippen molar-refractivity contribution in [3.05, 3.63) is 35.5 Å². The third-order valence-electron chi connectivity index (χ3n) is 2.07. The number of phenolic OH excluding ortho intramolecular Hbond substituents is 1. The number of pyridine rings is 1. The molecular formula is C11H11NO. The van der Waals surface area contributed by atoms with Crippen LogP contribution >= 0.6 is 0 Å². The van der Waals surface area contributed by atoms with Gasteiger partial charge in [-0.05, 0) is 43.7 Å². The van der Waals surface area contributed by atoms with Gasteiger partial charge < -0.3 is 5.11 Å². The highest BCUT2D eigenvalue weighted by Crippen LogP contribution is 2.24. The first-order valence-electron chi connectivity index (χ1n) is 4.24. The molecule has 1 aromatic heterocycles. The van der Waals surface area contributed by atoms with Gasteiger partial charge in [-0.15, -0.1) is 0 Å². The molecule has 0 radical (unpaired) electrons. The number of phenols is 1. The van der Waals surface area contributed by atoms with Crippen LogP contribution in [0.2, 0.25) is 0 Å². The Bertz CT molecular complexity index is 458. The normalized spacial score (nSPS) is 10.6. The third kappa shape index (κ3) is 1.35. The summed E-state index contributed by atoms with van der Waals surface area (Å²) < 4.78 is 0. The minimum absolute atomic E-state index is 0.308. The van der Waals surface area contributed by atoms with Crippen molar-refractivity contribution in [3.63, 3.8) is 0 Å². The molecule has 0 atom stereocenters. The van der Waals surface area contributed by atoms with Gasteiger partial charge in [-0.1, -0.05) is 0 Å². The van der Waals surface area contributed by atoms with E-state index < -0.39 is 0 Å². The van der Waals surface area contributed by atoms with Crippen LogP contribution in [-0.2, 0) is 0 Å². The zero-order valence-electron chi connectivity index (χ0n) is 7.70. The van der Waals surface area contributed by atoms with Gasteiger partial charge in [0, 0.05) is 11.1 Å². The molecule has 1 aromatic carbocycles. The maximum atomic E-state index is 9.60. The molecule has 0 aliphatic carbocycles. The zero-order chi connectivity index (χ0) is 9.42. The maximum absolute atomic E-state index is 9.60. The summed E-state index contributed by atoms with van der Waals surface area (Å²) in [6.45, 7) is 3.89. The predicted octanol–water partition coefficient (Wildman–Crippen LogP) is 2.56. The Kier molecular flexibility index (Phi) is 1.69. The number of hydrogen-bond donors (Lipinski definition) is 1. The first-order valence-corrected chi connectivity index (χ1v) is 4.24. The van der Waals surface area contributed by atoms with Gasteiger partial charge in [-0.25, -0.2) is 0 Å². The van der Waals surface area contributed by atoms with Gasteiger partial charge in [0.2, 0.25) is 0 Å². The SMILES string of the molecule is Cc1cc(O)c2ccc(C)nc2c1. The Hall–Kier alpha value is -1.57. The number of nitrogens with zero attached hydrogens (tertiary/aromatic N) is 1. The van der Waals surface area contributed by atoms with Crippen LogP contribution in [0, 0.1) is 13.8 Å². The molecule has 0 spiro atoms. The Labute approximate surface area is 76.9 Å². The largest absolute Gasteiger partial charge is 0.507 e. The molecule has 66 valence electrons. The average Bonchev–Trinajstić information content (AvgIpc) is 2.02. The molecule has 0 aliphatic rings. The highest BCUT2D eigenvalue weighted by atomic mass is 16.3. The number of fused-ring (bicyclic) bond motifs is 1. The molecule has 0 amide bonds. The molecule has 0 saturated carbocycles. The number of benzene rings is 1. The second-order valence-corrected chi connectivity index (χ2v) is 3.30. The van der Waals surface area contributed by atoms with E-state index in [1.807, 2.05) is 32.0 Å². The quantitative estimate of drug-likeness (QED) is 0.664. The molecule has 0 aliphatic heterocycles. The Morgan fingerprint density at radius 3 is 2.69 bits per heavy atom. The molecule has 0 fully saturated rings. The molecule has 2 nitrogen and oxygen atoms in total. The van der Waals surface area contributed by atoms with Crippen LogP contribution in [0.15, 0.2) is 24.3 Å². The standard InChI is InChI=1S/C11H11NO/c1-7-5-10-9(11(13)6-7)4-3-8(2)12-10/h3-6,13H,1-2H3. The van der Waals surface area contributed by atoms with Gasteiger partial charge in [0.1, 0.15) is 5.75 Å². The highest BCUT2D eigenvalue weighted by Gasteiger charge is 2.01. The minimum atomic E-state index is 0.308. The number of rotatable bonds is 0. The first-order chi connectivity index (χ1) is 6.16. The van der Waals surface area contributed by atoms with E-state index in [1.54, 1.807) is 6.07 Å². The molecule has 2 heteroatoms. The van der Waals surface area contributed by atoms with Crippen LogP contribution < -0.4 is 0 Å². The summed E-state index contributed by atoms with van der Waals surface area (Å²) in [5.41, 5.74) is 2.86. The summed E-state index contributed by atoms with van der Waals surface area (Å²) in [5.74, 6) is 0.308. The molecule has 1 heterocycles. The first kappa shape index (κ1) is 8.05. The third-order valence-corrected chi connectivity index (χ3v) is 2.07. The molecular weight excluding hydrogens is 162 g/mol. The van der Waals surface area contributed by atoms with E-state index >= 15 is 0 Å². The second kappa shape index (κ2) is 2.73. The van der Waals surface area contributed by atoms with Gasteiger partial charge in [0.05, 0.1) is 5.52 Å². The van der Waals surface area contributed by atoms with E-state index in [-0.39, 0.29) is 0 Å². The molecule has 13 heavy (non-hydrogen) atoms. The van der Waals surface area contributed by atoms with Crippen LogP contribution in [0.3, 0.4) is 0 Å². The lowest BCUT2D eigenvalue weighted by molar-refractivity contribution is 0.481. The number of aryl methyl sites for hydroxylation is 2. The Balaban J connectivity index is 2.86. The molecule has 0 saturated heterocycles. The van der Waals surface area contributed by atoms with Crippen molar-refractivity contribution in [1.29, 1.82) is 0 Å². The lowest BCUT2D eigenvalue weighted by Gasteiger charge is -2.02. The van der Waals surface area contributed by atoms with Crippen LogP contribution in [0.5, 0.6) is 5.75 Å². The summed E-state index contributed by atoms with van der Waals surface area (Å²) in [6.07, 6.45) is 0. The summed E-state index contributed by atoms with van der Waals surface area (Å²) in [6, 6.07) is 7.52. The topological polar surface area (TPSA) is 33.1 Å². The number of aromatic hydroxyl groups is 1. The predicted molar refractivity (Wildman–Crippen MR) is 52.9 cm³/mol. The maximum Gasteiger partial charge on any atom is 0.125 e. The van der Waals surface area contributed by atoms with E-state index in [0.29, 0.717) is 5.75 Å². The van der Waals surface area contributed by atoms with Crippen molar-refractivity contribution < 1.29 is 5.11 Å². The van der Waals surface area contributed by atoms with Crippen molar-refractivity contribution in [1.82, 2.24) is 4.98 Å². The van der Waals surface area contributed by atoms with Crippen LogP contribution in [0.4, 0.5) is 0 Å². The van der Waals surface area contributed by atoms with Crippen LogP contribution in [0.1, 0.15) is 11.3 Å². The fourth-order valence-electron chi connectivity index (χ4n) is 1.45. The van der Waals surface area contributed by atoms with E-state index in [2.05, 4.69) is 4.98 Å². The van der Waals surface area contributed by atoms with Crippen molar-refractivity contribution in [2.45, 2.75) is 13.8 Å². The lowest BCUT2D eigenvalue weighted by Crippen LogP contribution is -1.84. The smallest absolute Gasteiger partial charge is 0.125 e. The summed E-state index contributed by atoms with van der Waals surface area (Å²) in [7, 11) is 0. The van der Waals surface area contributed by atoms with E-state index in [4.69, 9.17) is 0 Å². The Morgan fingerprint density at radius 2 is 1.92 bits per heavy atom. The van der Waals surface area contributed by atoms with Crippen LogP contribution in [-0.4, -0.2) is 10.1 Å². The Morgan fingerprint density at radius 1 is 1.15 bits per heavy atom. The van der Waals surface area contributed by atoms with E-state index in [1.165, 1.54) is 0 Å². The van der Waals surface area contributed by atoms with Gasteiger partial charge in [0.25, 0.3) is 0 Å². The van der Waals surface area contributed by atoms with Gasteiger partial charge in [-0.2, -0.15) is 0 Å². The second-order valence-electron chi connectivity index (χ2n) is 3.30. The summed E-state index contributed by atoms with van der Waals surface area (Å²) in [4.78, 5) is 4.34. The van der Waals surface area contributed by atoms with Crippen molar-refractivity contribution in [2.24, 2.45) is 0 Å². The van der Waals surface area contributed by atoms with Gasteiger partial charge in [-0.3, -0.25) is 4.98 Å².